The van der Waals surface area contributed by atoms with Crippen LogP contribution in [-0.2, 0) is 4.79 Å². The zero-order valence-corrected chi connectivity index (χ0v) is 13.5. The second-order valence-electron chi connectivity index (χ2n) is 5.48. The number of carbonyl (C=O) groups is 2. The molecule has 0 fully saturated rings. The van der Waals surface area contributed by atoms with Crippen molar-refractivity contribution in [3.63, 3.8) is 0 Å². The fraction of sp³-hybridized carbons (Fsp3) is 0.375. The number of aliphatic hydroxyl groups is 1. The van der Waals surface area contributed by atoms with Crippen LogP contribution in [0.1, 0.15) is 11.6 Å². The molecule has 128 valence electrons. The lowest BCUT2D eigenvalue weighted by molar-refractivity contribution is -0.126. The zero-order valence-electron chi connectivity index (χ0n) is 13.5. The van der Waals surface area contributed by atoms with E-state index >= 15 is 0 Å². The Hall–Kier alpha value is -2.74. The molecule has 0 aromatic heterocycles. The number of rotatable bonds is 5. The van der Waals surface area contributed by atoms with Gasteiger partial charge in [-0.05, 0) is 18.2 Å². The minimum atomic E-state index is -0.644. The maximum atomic E-state index is 12.7. The SMILES string of the molecule is COc1ccc(OC)c([C@@H]2NC(=O)NC3=C2C(=O)N(CCO)C3)c1. The topological polar surface area (TPSA) is 100 Å². The number of hydrogen-bond donors (Lipinski definition) is 3. The molecule has 0 unspecified atom stereocenters. The summed E-state index contributed by atoms with van der Waals surface area (Å²) in [6.07, 6.45) is 0. The molecular weight excluding hydrogens is 314 g/mol. The van der Waals surface area contributed by atoms with Crippen LogP contribution in [0.2, 0.25) is 0 Å². The molecule has 1 aromatic rings. The zero-order chi connectivity index (χ0) is 17.3. The van der Waals surface area contributed by atoms with Gasteiger partial charge < -0.3 is 30.1 Å². The van der Waals surface area contributed by atoms with Crippen LogP contribution < -0.4 is 20.1 Å². The van der Waals surface area contributed by atoms with Gasteiger partial charge in [0.2, 0.25) is 0 Å². The van der Waals surface area contributed by atoms with E-state index in [9.17, 15) is 9.59 Å². The summed E-state index contributed by atoms with van der Waals surface area (Å²) in [6, 6.07) is 4.18. The highest BCUT2D eigenvalue weighted by Crippen LogP contribution is 2.38. The van der Waals surface area contributed by atoms with Crippen molar-refractivity contribution in [1.29, 1.82) is 0 Å². The summed E-state index contributed by atoms with van der Waals surface area (Å²) in [6.45, 7) is 0.343. The number of urea groups is 1. The molecule has 1 aromatic carbocycles. The summed E-state index contributed by atoms with van der Waals surface area (Å²) < 4.78 is 10.6. The number of methoxy groups -OCH3 is 2. The Labute approximate surface area is 139 Å². The molecular formula is C16H19N3O5. The number of nitrogens with one attached hydrogen (secondary N) is 2. The number of ether oxygens (including phenoxy) is 2. The van der Waals surface area contributed by atoms with Gasteiger partial charge in [0.15, 0.2) is 0 Å². The lowest BCUT2D eigenvalue weighted by Gasteiger charge is -2.27. The van der Waals surface area contributed by atoms with E-state index < -0.39 is 6.04 Å². The van der Waals surface area contributed by atoms with Gasteiger partial charge in [-0.15, -0.1) is 0 Å². The van der Waals surface area contributed by atoms with Crippen molar-refractivity contribution in [3.05, 3.63) is 35.0 Å². The molecule has 0 aliphatic carbocycles. The van der Waals surface area contributed by atoms with Gasteiger partial charge in [-0.25, -0.2) is 4.79 Å². The molecule has 3 amide bonds. The molecule has 0 radical (unpaired) electrons. The predicted octanol–water partition coefficient (Wildman–Crippen LogP) is 0.146. The number of aliphatic hydroxyl groups excluding tert-OH is 1. The second-order valence-corrected chi connectivity index (χ2v) is 5.48. The maximum Gasteiger partial charge on any atom is 0.319 e. The number of hydrogen-bond acceptors (Lipinski definition) is 5. The highest BCUT2D eigenvalue weighted by Gasteiger charge is 2.41. The number of nitrogens with zero attached hydrogens (tertiary/aromatic N) is 1. The lowest BCUT2D eigenvalue weighted by Crippen LogP contribution is -2.44. The van der Waals surface area contributed by atoms with Crippen LogP contribution in [0.5, 0.6) is 11.5 Å². The molecule has 2 aliphatic rings. The summed E-state index contributed by atoms with van der Waals surface area (Å²) in [5, 5.41) is 14.6. The summed E-state index contributed by atoms with van der Waals surface area (Å²) >= 11 is 0. The van der Waals surface area contributed by atoms with Gasteiger partial charge in [0.1, 0.15) is 11.5 Å². The van der Waals surface area contributed by atoms with Crippen molar-refractivity contribution in [2.75, 3.05) is 33.9 Å². The van der Waals surface area contributed by atoms with E-state index in [0.717, 1.165) is 0 Å². The van der Waals surface area contributed by atoms with Crippen molar-refractivity contribution >= 4 is 11.9 Å². The van der Waals surface area contributed by atoms with Crippen molar-refractivity contribution in [2.45, 2.75) is 6.04 Å². The third kappa shape index (κ3) is 2.65. The van der Waals surface area contributed by atoms with Crippen LogP contribution in [0.15, 0.2) is 29.5 Å². The highest BCUT2D eigenvalue weighted by atomic mass is 16.5. The fourth-order valence-corrected chi connectivity index (χ4v) is 3.03. The second kappa shape index (κ2) is 6.40. The van der Waals surface area contributed by atoms with Crippen molar-refractivity contribution in [3.8, 4) is 11.5 Å². The van der Waals surface area contributed by atoms with Gasteiger partial charge in [-0.2, -0.15) is 0 Å². The van der Waals surface area contributed by atoms with Gasteiger partial charge >= 0.3 is 6.03 Å². The molecule has 0 saturated heterocycles. The first kappa shape index (κ1) is 16.1. The Kier molecular flexibility index (Phi) is 4.30. The average Bonchev–Trinajstić information content (AvgIpc) is 2.89. The minimum Gasteiger partial charge on any atom is -0.497 e. The number of carbonyl (C=O) groups excluding carboxylic acids is 2. The quantitative estimate of drug-likeness (QED) is 0.712. The highest BCUT2D eigenvalue weighted by molar-refractivity contribution is 6.01. The third-order valence-corrected chi connectivity index (χ3v) is 4.14. The molecule has 3 N–H and O–H groups in total. The molecule has 8 heteroatoms. The van der Waals surface area contributed by atoms with Crippen LogP contribution in [0.3, 0.4) is 0 Å². The van der Waals surface area contributed by atoms with E-state index in [4.69, 9.17) is 14.6 Å². The fourth-order valence-electron chi connectivity index (χ4n) is 3.03. The number of β-amino-alcohol motifs (C(OH)–C–C–N with tert-alkyl or cyclic N) is 1. The number of amides is 3. The first-order chi connectivity index (χ1) is 11.6. The molecule has 2 heterocycles. The van der Waals surface area contributed by atoms with Crippen molar-refractivity contribution in [2.24, 2.45) is 0 Å². The van der Waals surface area contributed by atoms with Crippen LogP contribution in [0, 0.1) is 0 Å². The Morgan fingerprint density at radius 2 is 2.08 bits per heavy atom. The monoisotopic (exact) mass is 333 g/mol. The van der Waals surface area contributed by atoms with E-state index in [-0.39, 0.29) is 31.6 Å². The normalized spacial score (nSPS) is 19.8. The number of benzene rings is 1. The minimum absolute atomic E-state index is 0.138. The standard InChI is InChI=1S/C16H19N3O5/c1-23-9-3-4-12(24-2)10(7-9)14-13-11(17-16(22)18-14)8-19(5-6-20)15(13)21/h3-4,7,14,20H,5-6,8H2,1-2H3,(H2,17,18,22)/t14-/m0/s1. The van der Waals surface area contributed by atoms with Gasteiger partial charge in [0.25, 0.3) is 5.91 Å². The third-order valence-electron chi connectivity index (χ3n) is 4.14. The molecule has 0 spiro atoms. The van der Waals surface area contributed by atoms with E-state index in [1.165, 1.54) is 12.0 Å². The molecule has 24 heavy (non-hydrogen) atoms. The molecule has 2 aliphatic heterocycles. The largest absolute Gasteiger partial charge is 0.497 e. The summed E-state index contributed by atoms with van der Waals surface area (Å²) in [4.78, 5) is 26.2. The van der Waals surface area contributed by atoms with Gasteiger partial charge in [-0.3, -0.25) is 4.79 Å². The summed E-state index contributed by atoms with van der Waals surface area (Å²) in [5.41, 5.74) is 1.64. The van der Waals surface area contributed by atoms with Crippen LogP contribution in [-0.4, -0.2) is 55.9 Å². The molecule has 3 rings (SSSR count). The van der Waals surface area contributed by atoms with Gasteiger partial charge in [-0.1, -0.05) is 0 Å². The van der Waals surface area contributed by atoms with E-state index in [2.05, 4.69) is 10.6 Å². The maximum absolute atomic E-state index is 12.7. The first-order valence-electron chi connectivity index (χ1n) is 7.51. The molecule has 0 saturated carbocycles. The van der Waals surface area contributed by atoms with Crippen molar-refractivity contribution < 1.29 is 24.2 Å². The summed E-state index contributed by atoms with van der Waals surface area (Å²) in [5.74, 6) is 0.920. The van der Waals surface area contributed by atoms with Gasteiger partial charge in [0, 0.05) is 12.1 Å². The van der Waals surface area contributed by atoms with E-state index in [1.807, 2.05) is 0 Å². The summed E-state index contributed by atoms with van der Waals surface area (Å²) in [7, 11) is 3.07. The molecule has 0 bridgehead atoms. The Balaban J connectivity index is 2.05. The van der Waals surface area contributed by atoms with Gasteiger partial charge in [0.05, 0.1) is 44.7 Å². The smallest absolute Gasteiger partial charge is 0.319 e. The Morgan fingerprint density at radius 1 is 1.29 bits per heavy atom. The lowest BCUT2D eigenvalue weighted by atomic mass is 9.95. The predicted molar refractivity (Wildman–Crippen MR) is 84.6 cm³/mol. The average molecular weight is 333 g/mol. The Bertz CT molecular complexity index is 716. The Morgan fingerprint density at radius 3 is 2.75 bits per heavy atom. The van der Waals surface area contributed by atoms with Crippen LogP contribution >= 0.6 is 0 Å². The van der Waals surface area contributed by atoms with Crippen LogP contribution in [0.25, 0.3) is 0 Å². The van der Waals surface area contributed by atoms with E-state index in [0.29, 0.717) is 28.3 Å². The van der Waals surface area contributed by atoms with Crippen molar-refractivity contribution in [1.82, 2.24) is 15.5 Å². The molecule has 8 nitrogen and oxygen atoms in total. The van der Waals surface area contributed by atoms with E-state index in [1.54, 1.807) is 25.3 Å². The van der Waals surface area contributed by atoms with Crippen LogP contribution in [0.4, 0.5) is 4.79 Å². The molecule has 1 atom stereocenters. The first-order valence-corrected chi connectivity index (χ1v) is 7.51.